The molecule has 0 atom stereocenters. The maximum absolute atomic E-state index is 14.1. The number of imidazole rings is 1. The maximum atomic E-state index is 14.1. The van der Waals surface area contributed by atoms with E-state index in [2.05, 4.69) is 60.5 Å². The number of hydrogen-bond acceptors (Lipinski definition) is 1. The molecule has 4 aromatic carbocycles. The highest BCUT2D eigenvalue weighted by molar-refractivity contribution is 5.83. The molecular weight excluding hydrogens is 498 g/mol. The summed E-state index contributed by atoms with van der Waals surface area (Å²) in [7, 11) is 0. The van der Waals surface area contributed by atoms with Crippen LogP contribution in [0.5, 0.6) is 0 Å². The van der Waals surface area contributed by atoms with Crippen molar-refractivity contribution in [1.29, 1.82) is 0 Å². The second kappa shape index (κ2) is 12.9. The average molecular weight is 535 g/mol. The van der Waals surface area contributed by atoms with Gasteiger partial charge in [-0.15, -0.1) is 0 Å². The lowest BCUT2D eigenvalue weighted by Gasteiger charge is -2.19. The molecule has 0 aliphatic heterocycles. The molecule has 0 spiro atoms. The molecule has 0 N–H and O–H groups in total. The van der Waals surface area contributed by atoms with E-state index in [1.54, 1.807) is 24.3 Å². The Balaban J connectivity index is 1.45. The third-order valence-electron chi connectivity index (χ3n) is 7.65. The van der Waals surface area contributed by atoms with E-state index in [9.17, 15) is 8.78 Å². The molecule has 0 unspecified atom stereocenters. The van der Waals surface area contributed by atoms with Gasteiger partial charge in [-0.2, -0.15) is 0 Å². The van der Waals surface area contributed by atoms with Gasteiger partial charge in [0.15, 0.2) is 0 Å². The molecule has 40 heavy (non-hydrogen) atoms. The van der Waals surface area contributed by atoms with Crippen molar-refractivity contribution in [3.63, 3.8) is 0 Å². The third-order valence-corrected chi connectivity index (χ3v) is 7.65. The Kier molecular flexibility index (Phi) is 8.85. The number of unbranched alkanes of at least 4 members (excludes halogenated alkanes) is 4. The lowest BCUT2D eigenvalue weighted by Crippen LogP contribution is -2.06. The van der Waals surface area contributed by atoms with Gasteiger partial charge < -0.3 is 4.57 Å². The smallest absolute Gasteiger partial charge is 0.141 e. The van der Waals surface area contributed by atoms with Gasteiger partial charge >= 0.3 is 0 Å². The number of halogens is 2. The number of aryl methyl sites for hydroxylation is 1. The fraction of sp³-hybridized carbons (Fsp3) is 0.250. The van der Waals surface area contributed by atoms with Crippen LogP contribution in [0.2, 0.25) is 0 Å². The Hall–Kier alpha value is -4.05. The van der Waals surface area contributed by atoms with E-state index in [1.807, 2.05) is 18.2 Å². The average Bonchev–Trinajstić information content (AvgIpc) is 3.33. The fourth-order valence-corrected chi connectivity index (χ4v) is 5.49. The zero-order chi connectivity index (χ0) is 27.9. The second-order valence-electron chi connectivity index (χ2n) is 10.5. The molecule has 0 saturated heterocycles. The van der Waals surface area contributed by atoms with Crippen molar-refractivity contribution in [3.05, 3.63) is 131 Å². The summed E-state index contributed by atoms with van der Waals surface area (Å²) in [5, 5.41) is 0. The van der Waals surface area contributed by atoms with E-state index in [-0.39, 0.29) is 17.6 Å². The van der Waals surface area contributed by atoms with Crippen molar-refractivity contribution >= 4 is 17.1 Å². The first-order valence-corrected chi connectivity index (χ1v) is 14.3. The van der Waals surface area contributed by atoms with Crippen LogP contribution in [-0.2, 0) is 13.0 Å². The normalized spacial score (nSPS) is 11.4. The lowest BCUT2D eigenvalue weighted by molar-refractivity contribution is 0.578. The first-order valence-electron chi connectivity index (χ1n) is 14.3. The summed E-state index contributed by atoms with van der Waals surface area (Å²) in [5.41, 5.74) is 6.98. The van der Waals surface area contributed by atoms with Gasteiger partial charge in [0.2, 0.25) is 0 Å². The highest BCUT2D eigenvalue weighted by atomic mass is 19.1. The quantitative estimate of drug-likeness (QED) is 0.146. The number of rotatable bonds is 12. The largest absolute Gasteiger partial charge is 0.324 e. The molecular formula is C36H36F2N2. The van der Waals surface area contributed by atoms with Crippen LogP contribution in [0.25, 0.3) is 28.5 Å². The van der Waals surface area contributed by atoms with Gasteiger partial charge in [0.25, 0.3) is 0 Å². The number of aromatic nitrogens is 2. The molecule has 0 aliphatic rings. The van der Waals surface area contributed by atoms with Crippen molar-refractivity contribution < 1.29 is 8.78 Å². The Morgan fingerprint density at radius 1 is 0.800 bits per heavy atom. The minimum absolute atomic E-state index is 0.165. The molecule has 1 heterocycles. The van der Waals surface area contributed by atoms with E-state index in [1.165, 1.54) is 37.8 Å². The van der Waals surface area contributed by atoms with E-state index >= 15 is 0 Å². The van der Waals surface area contributed by atoms with Crippen LogP contribution in [0.1, 0.15) is 67.2 Å². The van der Waals surface area contributed by atoms with Gasteiger partial charge in [0.05, 0.1) is 11.0 Å². The van der Waals surface area contributed by atoms with Crippen molar-refractivity contribution in [3.8, 4) is 11.4 Å². The zero-order valence-electron chi connectivity index (χ0n) is 23.1. The van der Waals surface area contributed by atoms with Crippen molar-refractivity contribution in [2.45, 2.75) is 57.9 Å². The van der Waals surface area contributed by atoms with Crippen LogP contribution >= 0.6 is 0 Å². The summed E-state index contributed by atoms with van der Waals surface area (Å²) < 4.78 is 30.6. The monoisotopic (exact) mass is 534 g/mol. The molecule has 0 bridgehead atoms. The summed E-state index contributed by atoms with van der Waals surface area (Å²) in [6.07, 6.45) is 8.56. The van der Waals surface area contributed by atoms with Crippen LogP contribution < -0.4 is 0 Å². The summed E-state index contributed by atoms with van der Waals surface area (Å²) in [5.74, 6) is 0.220. The van der Waals surface area contributed by atoms with Gasteiger partial charge in [-0.25, -0.2) is 13.8 Å². The fourth-order valence-electron chi connectivity index (χ4n) is 5.49. The van der Waals surface area contributed by atoms with Crippen LogP contribution in [0, 0.1) is 11.6 Å². The molecule has 5 aromatic rings. The van der Waals surface area contributed by atoms with Gasteiger partial charge in [-0.3, -0.25) is 0 Å². The van der Waals surface area contributed by atoms with Crippen molar-refractivity contribution in [1.82, 2.24) is 9.55 Å². The predicted molar refractivity (Wildman–Crippen MR) is 162 cm³/mol. The van der Waals surface area contributed by atoms with Gasteiger partial charge in [-0.1, -0.05) is 99.9 Å². The van der Waals surface area contributed by atoms with Crippen molar-refractivity contribution in [2.75, 3.05) is 0 Å². The van der Waals surface area contributed by atoms with E-state index in [4.69, 9.17) is 4.98 Å². The minimum atomic E-state index is -0.289. The molecule has 0 aliphatic carbocycles. The maximum Gasteiger partial charge on any atom is 0.141 e. The SMILES string of the molecule is C=Cc1ccc2c(c1)nc(-c1ccc(CC(c3cccc(F)c3)c3cccc(F)c3)cc1)n2CCCCCCC. The van der Waals surface area contributed by atoms with Gasteiger partial charge in [-0.05, 0) is 71.5 Å². The van der Waals surface area contributed by atoms with Crippen LogP contribution in [0.15, 0.2) is 97.6 Å². The molecule has 0 radical (unpaired) electrons. The second-order valence-corrected chi connectivity index (χ2v) is 10.5. The number of nitrogens with zero attached hydrogens (tertiary/aromatic N) is 2. The Bertz CT molecular complexity index is 1540. The van der Waals surface area contributed by atoms with Gasteiger partial charge in [0.1, 0.15) is 17.5 Å². The Labute approximate surface area is 236 Å². The molecule has 204 valence electrons. The summed E-state index contributed by atoms with van der Waals surface area (Å²) in [6, 6.07) is 28.0. The number of fused-ring (bicyclic) bond motifs is 1. The first-order chi connectivity index (χ1) is 19.6. The highest BCUT2D eigenvalue weighted by Crippen LogP contribution is 2.31. The van der Waals surface area contributed by atoms with E-state index in [0.717, 1.165) is 57.6 Å². The third kappa shape index (κ3) is 6.39. The molecule has 1 aromatic heterocycles. The lowest BCUT2D eigenvalue weighted by atomic mass is 9.85. The predicted octanol–water partition coefficient (Wildman–Crippen LogP) is 9.97. The topological polar surface area (TPSA) is 17.8 Å². The van der Waals surface area contributed by atoms with Gasteiger partial charge in [0, 0.05) is 18.0 Å². The van der Waals surface area contributed by atoms with Crippen LogP contribution in [-0.4, -0.2) is 9.55 Å². The Morgan fingerprint density at radius 2 is 1.48 bits per heavy atom. The highest BCUT2D eigenvalue weighted by Gasteiger charge is 2.18. The standard InChI is InChI=1S/C36H36F2N2/c1-3-5-6-7-8-21-40-35-20-17-26(4-2)23-34(35)39-36(40)28-18-15-27(16-19-28)22-33(29-11-9-13-31(37)24-29)30-12-10-14-32(38)25-30/h4,9-20,23-25,33H,2-3,5-8,21-22H2,1H3. The Morgan fingerprint density at radius 3 is 2.10 bits per heavy atom. The summed E-state index contributed by atoms with van der Waals surface area (Å²) >= 11 is 0. The van der Waals surface area contributed by atoms with Crippen molar-refractivity contribution in [2.24, 2.45) is 0 Å². The summed E-state index contributed by atoms with van der Waals surface area (Å²) in [6.45, 7) is 7.07. The van der Waals surface area contributed by atoms with Crippen LogP contribution in [0.4, 0.5) is 8.78 Å². The molecule has 0 fully saturated rings. The molecule has 0 saturated carbocycles. The first kappa shape index (κ1) is 27.5. The molecule has 4 heteroatoms. The molecule has 2 nitrogen and oxygen atoms in total. The molecule has 0 amide bonds. The van der Waals surface area contributed by atoms with E-state index in [0.29, 0.717) is 6.42 Å². The summed E-state index contributed by atoms with van der Waals surface area (Å²) in [4.78, 5) is 5.04. The molecule has 5 rings (SSSR count). The minimum Gasteiger partial charge on any atom is -0.324 e. The number of hydrogen-bond donors (Lipinski definition) is 0. The number of benzene rings is 4. The van der Waals surface area contributed by atoms with Crippen LogP contribution in [0.3, 0.4) is 0 Å². The van der Waals surface area contributed by atoms with E-state index < -0.39 is 0 Å². The zero-order valence-corrected chi connectivity index (χ0v) is 23.1.